The third kappa shape index (κ3) is 7.19. The number of pyridine rings is 2. The van der Waals surface area contributed by atoms with Crippen LogP contribution >= 0.6 is 0 Å². The van der Waals surface area contributed by atoms with Gasteiger partial charge in [-0.25, -0.2) is 9.79 Å². The van der Waals surface area contributed by atoms with Crippen molar-refractivity contribution >= 4 is 34.9 Å². The first-order valence-electron chi connectivity index (χ1n) is 16.1. The minimum atomic E-state index is -0.358. The molecule has 240 valence electrons. The number of rotatable bonds is 7. The average molecular weight is 622 g/mol. The van der Waals surface area contributed by atoms with Gasteiger partial charge in [0.15, 0.2) is 5.65 Å². The van der Waals surface area contributed by atoms with Crippen molar-refractivity contribution in [2.45, 2.75) is 78.4 Å². The van der Waals surface area contributed by atoms with E-state index in [9.17, 15) is 4.79 Å². The highest BCUT2D eigenvalue weighted by molar-refractivity contribution is 6.09. The molecule has 1 aliphatic heterocycles. The van der Waals surface area contributed by atoms with Crippen molar-refractivity contribution in [3.63, 3.8) is 0 Å². The number of ether oxygens (including phenoxy) is 1. The standard InChI is InChI=1S/C35H43N9O2/c1-23-12-13-24(21-37-23)38-31(20-30(36)35(2,3)4)40-33(45)39-28-15-16-29(27-11-7-6-10-26(27)28)46-25-14-17-32-41-42-34(44(32)22-25)43-18-8-5-9-19-43/h6-7,10-14,17,21-22,28-29,36H,5,8-9,15-16,18-20H2,1-4H3,(H2,38,39,40,45). The van der Waals surface area contributed by atoms with Crippen LogP contribution in [0.1, 0.15) is 88.3 Å². The number of nitrogens with one attached hydrogen (secondary N) is 3. The van der Waals surface area contributed by atoms with Crippen LogP contribution in [-0.2, 0) is 0 Å². The lowest BCUT2D eigenvalue weighted by Gasteiger charge is -2.32. The van der Waals surface area contributed by atoms with Crippen LogP contribution in [0.5, 0.6) is 5.75 Å². The van der Waals surface area contributed by atoms with E-state index in [1.54, 1.807) is 6.20 Å². The van der Waals surface area contributed by atoms with Gasteiger partial charge in [-0.2, -0.15) is 0 Å². The number of hydrogen-bond acceptors (Lipinski definition) is 8. The highest BCUT2D eigenvalue weighted by Gasteiger charge is 2.30. The monoisotopic (exact) mass is 621 g/mol. The van der Waals surface area contributed by atoms with E-state index in [0.717, 1.165) is 66.5 Å². The van der Waals surface area contributed by atoms with Crippen LogP contribution in [0.25, 0.3) is 5.65 Å². The molecule has 0 saturated carbocycles. The van der Waals surface area contributed by atoms with E-state index in [4.69, 9.17) is 10.1 Å². The van der Waals surface area contributed by atoms with Crippen LogP contribution in [0.2, 0.25) is 0 Å². The summed E-state index contributed by atoms with van der Waals surface area (Å²) in [4.78, 5) is 24.7. The van der Waals surface area contributed by atoms with Crippen LogP contribution in [0.4, 0.5) is 16.4 Å². The molecule has 0 spiro atoms. The van der Waals surface area contributed by atoms with Crippen molar-refractivity contribution in [3.05, 3.63) is 77.7 Å². The van der Waals surface area contributed by atoms with Gasteiger partial charge < -0.3 is 20.4 Å². The van der Waals surface area contributed by atoms with E-state index in [2.05, 4.69) is 47.8 Å². The number of amides is 2. The molecule has 46 heavy (non-hydrogen) atoms. The van der Waals surface area contributed by atoms with Gasteiger partial charge in [-0.15, -0.1) is 10.2 Å². The maximum Gasteiger partial charge on any atom is 0.320 e. The van der Waals surface area contributed by atoms with Gasteiger partial charge in [0.1, 0.15) is 17.7 Å². The molecule has 2 amide bonds. The number of fused-ring (bicyclic) bond motifs is 2. The summed E-state index contributed by atoms with van der Waals surface area (Å²) in [6.07, 6.45) is 8.72. The number of aromatic nitrogens is 4. The zero-order valence-corrected chi connectivity index (χ0v) is 27.1. The summed E-state index contributed by atoms with van der Waals surface area (Å²) in [6.45, 7) is 9.83. The van der Waals surface area contributed by atoms with Crippen molar-refractivity contribution in [2.24, 2.45) is 10.4 Å². The zero-order valence-electron chi connectivity index (χ0n) is 27.1. The summed E-state index contributed by atoms with van der Waals surface area (Å²) in [5.41, 5.74) is 4.50. The number of benzene rings is 1. The van der Waals surface area contributed by atoms with E-state index >= 15 is 0 Å². The summed E-state index contributed by atoms with van der Waals surface area (Å²) < 4.78 is 8.62. The second-order valence-corrected chi connectivity index (χ2v) is 13.2. The van der Waals surface area contributed by atoms with E-state index in [1.165, 1.54) is 6.42 Å². The third-order valence-electron chi connectivity index (χ3n) is 8.68. The number of carbonyl (C=O) groups is 1. The number of amidine groups is 1. The quantitative estimate of drug-likeness (QED) is 0.152. The van der Waals surface area contributed by atoms with Crippen molar-refractivity contribution in [1.82, 2.24) is 30.2 Å². The minimum absolute atomic E-state index is 0.164. The Morgan fingerprint density at radius 1 is 1.02 bits per heavy atom. The summed E-state index contributed by atoms with van der Waals surface area (Å²) in [5.74, 6) is 2.02. The van der Waals surface area contributed by atoms with Crippen molar-refractivity contribution in [1.29, 1.82) is 5.41 Å². The van der Waals surface area contributed by atoms with Crippen molar-refractivity contribution in [2.75, 3.05) is 18.0 Å². The number of piperidine rings is 1. The molecule has 1 saturated heterocycles. The molecule has 11 heteroatoms. The zero-order chi connectivity index (χ0) is 32.3. The summed E-state index contributed by atoms with van der Waals surface area (Å²) in [7, 11) is 0. The number of hydrogen-bond donors (Lipinski definition) is 3. The Morgan fingerprint density at radius 3 is 2.54 bits per heavy atom. The first-order valence-corrected chi connectivity index (χ1v) is 16.1. The fourth-order valence-corrected chi connectivity index (χ4v) is 5.98. The Bertz CT molecular complexity index is 1730. The molecule has 0 radical (unpaired) electrons. The molecule has 2 unspecified atom stereocenters. The number of urea groups is 1. The van der Waals surface area contributed by atoms with E-state index in [0.29, 0.717) is 23.7 Å². The molecule has 0 bridgehead atoms. The Labute approximate surface area is 270 Å². The van der Waals surface area contributed by atoms with E-state index in [-0.39, 0.29) is 30.0 Å². The fraction of sp³-hybridized carbons (Fsp3) is 0.429. The Morgan fingerprint density at radius 2 is 1.80 bits per heavy atom. The number of carbonyl (C=O) groups excluding carboxylic acids is 1. The van der Waals surface area contributed by atoms with E-state index < -0.39 is 0 Å². The van der Waals surface area contributed by atoms with Gasteiger partial charge in [0.2, 0.25) is 5.95 Å². The Balaban J connectivity index is 1.17. The molecule has 4 heterocycles. The normalized spacial score (nSPS) is 18.6. The average Bonchev–Trinajstić information content (AvgIpc) is 3.46. The number of anilines is 1. The molecule has 6 rings (SSSR count). The van der Waals surface area contributed by atoms with Crippen molar-refractivity contribution < 1.29 is 9.53 Å². The fourth-order valence-electron chi connectivity index (χ4n) is 5.98. The first-order chi connectivity index (χ1) is 22.1. The first kappa shape index (κ1) is 31.2. The predicted molar refractivity (Wildman–Crippen MR) is 180 cm³/mol. The number of aliphatic imine (C=N–C) groups is 1. The van der Waals surface area contributed by atoms with Gasteiger partial charge in [-0.05, 0) is 79.8 Å². The summed E-state index contributed by atoms with van der Waals surface area (Å²) >= 11 is 0. The summed E-state index contributed by atoms with van der Waals surface area (Å²) in [6, 6.07) is 15.2. The maximum atomic E-state index is 13.4. The highest BCUT2D eigenvalue weighted by Crippen LogP contribution is 2.39. The minimum Gasteiger partial charge on any atom is -0.484 e. The largest absolute Gasteiger partial charge is 0.484 e. The second-order valence-electron chi connectivity index (χ2n) is 13.2. The maximum absolute atomic E-state index is 13.4. The third-order valence-corrected chi connectivity index (χ3v) is 8.68. The second kappa shape index (κ2) is 13.3. The molecular weight excluding hydrogens is 578 g/mol. The Kier molecular flexibility index (Phi) is 9.01. The van der Waals surface area contributed by atoms with Gasteiger partial charge in [0, 0.05) is 30.9 Å². The van der Waals surface area contributed by atoms with Crippen LogP contribution < -0.4 is 20.3 Å². The smallest absolute Gasteiger partial charge is 0.320 e. The molecule has 1 aliphatic carbocycles. The molecule has 11 nitrogen and oxygen atoms in total. The Hall–Kier alpha value is -4.80. The molecule has 1 fully saturated rings. The van der Waals surface area contributed by atoms with Gasteiger partial charge in [0.25, 0.3) is 0 Å². The van der Waals surface area contributed by atoms with Gasteiger partial charge in [-0.3, -0.25) is 14.7 Å². The molecule has 4 aromatic rings. The van der Waals surface area contributed by atoms with Crippen LogP contribution in [0, 0.1) is 17.7 Å². The lowest BCUT2D eigenvalue weighted by molar-refractivity contribution is 0.171. The van der Waals surface area contributed by atoms with E-state index in [1.807, 2.05) is 74.7 Å². The molecule has 1 aromatic carbocycles. The van der Waals surface area contributed by atoms with Gasteiger partial charge >= 0.3 is 6.03 Å². The molecule has 2 atom stereocenters. The van der Waals surface area contributed by atoms with Crippen LogP contribution in [0.3, 0.4) is 0 Å². The lowest BCUT2D eigenvalue weighted by Crippen LogP contribution is -2.43. The number of nitrogens with zero attached hydrogens (tertiary/aromatic N) is 6. The van der Waals surface area contributed by atoms with Gasteiger partial charge in [-0.1, -0.05) is 45.0 Å². The van der Waals surface area contributed by atoms with Gasteiger partial charge in [0.05, 0.1) is 24.1 Å². The lowest BCUT2D eigenvalue weighted by atomic mass is 9.85. The molecule has 3 N–H and O–H groups in total. The molecule has 3 aromatic heterocycles. The predicted octanol–water partition coefficient (Wildman–Crippen LogP) is 6.86. The molecule has 2 aliphatic rings. The van der Waals surface area contributed by atoms with Crippen molar-refractivity contribution in [3.8, 4) is 5.75 Å². The SMILES string of the molecule is Cc1ccc(N=C(CC(=N)C(C)(C)C)NC(=O)NC2CCC(Oc3ccc4nnc(N5CCCCC5)n4c3)c3ccccc32)cn1. The topological polar surface area (TPSA) is 133 Å². The highest BCUT2D eigenvalue weighted by atomic mass is 16.5. The van der Waals surface area contributed by atoms with Crippen LogP contribution in [-0.4, -0.2) is 50.2 Å². The van der Waals surface area contributed by atoms with Crippen LogP contribution in [0.15, 0.2) is 65.9 Å². The number of aryl methyl sites for hydroxylation is 1. The molecular formula is C35H43N9O2. The summed E-state index contributed by atoms with van der Waals surface area (Å²) in [5, 5.41) is 23.5.